The highest BCUT2D eigenvalue weighted by Crippen LogP contribution is 2.24. The summed E-state index contributed by atoms with van der Waals surface area (Å²) in [6.07, 6.45) is 3.64. The van der Waals surface area contributed by atoms with Crippen molar-refractivity contribution in [1.29, 1.82) is 0 Å². The summed E-state index contributed by atoms with van der Waals surface area (Å²) in [5.74, 6) is 2.20. The summed E-state index contributed by atoms with van der Waals surface area (Å²) in [5.41, 5.74) is 1.07. The highest BCUT2D eigenvalue weighted by Gasteiger charge is 2.13. The van der Waals surface area contributed by atoms with Crippen molar-refractivity contribution in [2.75, 3.05) is 12.4 Å². The third-order valence-electron chi connectivity index (χ3n) is 2.39. The van der Waals surface area contributed by atoms with E-state index < -0.39 is 0 Å². The fourth-order valence-corrected chi connectivity index (χ4v) is 2.36. The van der Waals surface area contributed by atoms with Crippen LogP contribution in [0.15, 0.2) is 22.8 Å². The Kier molecular flexibility index (Phi) is 3.98. The Balaban J connectivity index is 2.50. The maximum atomic E-state index is 5.34. The second-order valence-corrected chi connectivity index (χ2v) is 4.71. The van der Waals surface area contributed by atoms with Gasteiger partial charge in [-0.15, -0.1) is 0 Å². The lowest BCUT2D eigenvalue weighted by Gasteiger charge is -2.09. The number of nitrogens with one attached hydrogen (secondary N) is 1. The first kappa shape index (κ1) is 12.3. The lowest BCUT2D eigenvalue weighted by atomic mass is 10.2. The molecular formula is C12H14IN3O. The summed E-state index contributed by atoms with van der Waals surface area (Å²) in [4.78, 5) is 9.01. The molecule has 0 atom stereocenters. The molecule has 0 fully saturated rings. The van der Waals surface area contributed by atoms with Crippen molar-refractivity contribution < 1.29 is 4.42 Å². The van der Waals surface area contributed by atoms with Crippen LogP contribution in [-0.4, -0.2) is 17.0 Å². The molecule has 17 heavy (non-hydrogen) atoms. The average molecular weight is 343 g/mol. The van der Waals surface area contributed by atoms with E-state index in [0.717, 1.165) is 27.9 Å². The van der Waals surface area contributed by atoms with E-state index in [-0.39, 0.29) is 0 Å². The van der Waals surface area contributed by atoms with Crippen LogP contribution in [0.3, 0.4) is 0 Å². The summed E-state index contributed by atoms with van der Waals surface area (Å²) in [7, 11) is 1.87. The van der Waals surface area contributed by atoms with Gasteiger partial charge in [0.15, 0.2) is 11.6 Å². The monoisotopic (exact) mass is 343 g/mol. The van der Waals surface area contributed by atoms with Gasteiger partial charge in [0.05, 0.1) is 15.5 Å². The van der Waals surface area contributed by atoms with Crippen LogP contribution < -0.4 is 5.32 Å². The van der Waals surface area contributed by atoms with Gasteiger partial charge in [-0.3, -0.25) is 0 Å². The second-order valence-electron chi connectivity index (χ2n) is 3.63. The lowest BCUT2D eigenvalue weighted by molar-refractivity contribution is 0.576. The van der Waals surface area contributed by atoms with Gasteiger partial charge < -0.3 is 9.73 Å². The molecule has 2 heterocycles. The van der Waals surface area contributed by atoms with Crippen LogP contribution in [0.1, 0.15) is 19.0 Å². The van der Waals surface area contributed by atoms with Crippen molar-refractivity contribution in [1.82, 2.24) is 9.97 Å². The summed E-state index contributed by atoms with van der Waals surface area (Å²) >= 11 is 2.28. The van der Waals surface area contributed by atoms with Crippen molar-refractivity contribution >= 4 is 28.4 Å². The molecule has 0 spiro atoms. The minimum atomic E-state index is 0.642. The van der Waals surface area contributed by atoms with E-state index in [1.54, 1.807) is 6.26 Å². The highest BCUT2D eigenvalue weighted by atomic mass is 127. The van der Waals surface area contributed by atoms with Crippen LogP contribution in [0.4, 0.5) is 5.82 Å². The third kappa shape index (κ3) is 2.59. The summed E-state index contributed by atoms with van der Waals surface area (Å²) in [6.45, 7) is 2.14. The van der Waals surface area contributed by atoms with Crippen LogP contribution >= 0.6 is 22.6 Å². The smallest absolute Gasteiger partial charge is 0.197 e. The Bertz CT molecular complexity index is 497. The molecule has 4 nitrogen and oxygen atoms in total. The van der Waals surface area contributed by atoms with E-state index in [4.69, 9.17) is 4.42 Å². The van der Waals surface area contributed by atoms with Gasteiger partial charge in [0.25, 0.3) is 0 Å². The SMILES string of the molecule is CCCc1nc(-c2ccco2)nc(NC)c1I. The Morgan fingerprint density at radius 2 is 2.24 bits per heavy atom. The molecule has 0 saturated heterocycles. The number of aromatic nitrogens is 2. The Hall–Kier alpha value is -1.11. The number of halogens is 1. The predicted octanol–water partition coefficient (Wildman–Crippen LogP) is 3.34. The molecule has 0 unspecified atom stereocenters. The fourth-order valence-electron chi connectivity index (χ4n) is 1.58. The average Bonchev–Trinajstić information content (AvgIpc) is 2.85. The van der Waals surface area contributed by atoms with Crippen LogP contribution in [0.25, 0.3) is 11.6 Å². The third-order valence-corrected chi connectivity index (χ3v) is 3.52. The fraction of sp³-hybridized carbons (Fsp3) is 0.333. The molecular weight excluding hydrogens is 329 g/mol. The van der Waals surface area contributed by atoms with Crippen molar-refractivity contribution in [2.45, 2.75) is 19.8 Å². The van der Waals surface area contributed by atoms with E-state index in [1.807, 2.05) is 19.2 Å². The zero-order chi connectivity index (χ0) is 12.3. The lowest BCUT2D eigenvalue weighted by Crippen LogP contribution is -2.05. The van der Waals surface area contributed by atoms with Gasteiger partial charge >= 0.3 is 0 Å². The Morgan fingerprint density at radius 3 is 2.82 bits per heavy atom. The van der Waals surface area contributed by atoms with E-state index in [9.17, 15) is 0 Å². The largest absolute Gasteiger partial charge is 0.461 e. The van der Waals surface area contributed by atoms with Crippen LogP contribution in [-0.2, 0) is 6.42 Å². The molecule has 0 aromatic carbocycles. The van der Waals surface area contributed by atoms with Crippen molar-refractivity contribution in [3.8, 4) is 11.6 Å². The van der Waals surface area contributed by atoms with Gasteiger partial charge in [0.2, 0.25) is 0 Å². The van der Waals surface area contributed by atoms with E-state index in [2.05, 4.69) is 44.8 Å². The first-order valence-electron chi connectivity index (χ1n) is 5.54. The van der Waals surface area contributed by atoms with E-state index in [1.165, 1.54) is 0 Å². The van der Waals surface area contributed by atoms with Crippen LogP contribution in [0, 0.1) is 3.57 Å². The zero-order valence-corrected chi connectivity index (χ0v) is 12.0. The van der Waals surface area contributed by atoms with Crippen molar-refractivity contribution in [3.63, 3.8) is 0 Å². The van der Waals surface area contributed by atoms with Gasteiger partial charge in [-0.05, 0) is 41.1 Å². The molecule has 0 amide bonds. The summed E-state index contributed by atoms with van der Waals surface area (Å²) < 4.78 is 6.42. The minimum Gasteiger partial charge on any atom is -0.461 e. The second kappa shape index (κ2) is 5.48. The van der Waals surface area contributed by atoms with Crippen LogP contribution in [0.2, 0.25) is 0 Å². The highest BCUT2D eigenvalue weighted by molar-refractivity contribution is 14.1. The van der Waals surface area contributed by atoms with Gasteiger partial charge in [-0.25, -0.2) is 9.97 Å². The number of aryl methyl sites for hydroxylation is 1. The summed E-state index contributed by atoms with van der Waals surface area (Å²) in [6, 6.07) is 3.71. The molecule has 0 saturated carbocycles. The van der Waals surface area contributed by atoms with Crippen molar-refractivity contribution in [2.24, 2.45) is 0 Å². The molecule has 5 heteroatoms. The van der Waals surface area contributed by atoms with Gasteiger partial charge in [-0.2, -0.15) is 0 Å². The number of anilines is 1. The molecule has 0 aliphatic rings. The molecule has 1 N–H and O–H groups in total. The zero-order valence-electron chi connectivity index (χ0n) is 9.83. The van der Waals surface area contributed by atoms with Crippen LogP contribution in [0.5, 0.6) is 0 Å². The maximum absolute atomic E-state index is 5.34. The molecule has 2 rings (SSSR count). The molecule has 0 radical (unpaired) electrons. The molecule has 0 aliphatic carbocycles. The minimum absolute atomic E-state index is 0.642. The van der Waals surface area contributed by atoms with Gasteiger partial charge in [0.1, 0.15) is 5.82 Å². The number of hydrogen-bond donors (Lipinski definition) is 1. The first-order chi connectivity index (χ1) is 8.26. The number of furan rings is 1. The number of hydrogen-bond acceptors (Lipinski definition) is 4. The molecule has 2 aromatic rings. The topological polar surface area (TPSA) is 51.0 Å². The number of nitrogens with zero attached hydrogens (tertiary/aromatic N) is 2. The van der Waals surface area contributed by atoms with Gasteiger partial charge in [0, 0.05) is 7.05 Å². The Labute approximate surface area is 114 Å². The van der Waals surface area contributed by atoms with E-state index in [0.29, 0.717) is 11.6 Å². The maximum Gasteiger partial charge on any atom is 0.197 e. The summed E-state index contributed by atoms with van der Waals surface area (Å²) in [5, 5.41) is 3.10. The number of rotatable bonds is 4. The predicted molar refractivity (Wildman–Crippen MR) is 76.0 cm³/mol. The molecule has 90 valence electrons. The molecule has 2 aromatic heterocycles. The molecule has 0 aliphatic heterocycles. The van der Waals surface area contributed by atoms with Gasteiger partial charge in [-0.1, -0.05) is 13.3 Å². The quantitative estimate of drug-likeness (QED) is 0.866. The van der Waals surface area contributed by atoms with E-state index >= 15 is 0 Å². The molecule has 0 bridgehead atoms. The van der Waals surface area contributed by atoms with Crippen molar-refractivity contribution in [3.05, 3.63) is 27.7 Å². The standard InChI is InChI=1S/C12H14IN3O/c1-3-5-8-10(13)12(14-2)16-11(15-8)9-6-4-7-17-9/h4,6-7H,3,5H2,1-2H3,(H,14,15,16). The normalized spacial score (nSPS) is 10.5. The Morgan fingerprint density at radius 1 is 1.41 bits per heavy atom. The first-order valence-corrected chi connectivity index (χ1v) is 6.62.